The van der Waals surface area contributed by atoms with E-state index in [-0.39, 0.29) is 17.5 Å². The number of thiazole rings is 1. The Morgan fingerprint density at radius 2 is 2.04 bits per heavy atom. The Morgan fingerprint density at radius 3 is 2.71 bits per heavy atom. The summed E-state index contributed by atoms with van der Waals surface area (Å²) in [5.41, 5.74) is 0.816. The van der Waals surface area contributed by atoms with E-state index in [4.69, 9.17) is 0 Å². The maximum Gasteiger partial charge on any atom is 0.258 e. The molecule has 0 radical (unpaired) electrons. The van der Waals surface area contributed by atoms with Crippen molar-refractivity contribution in [2.45, 2.75) is 38.3 Å². The highest BCUT2D eigenvalue weighted by molar-refractivity contribution is 7.89. The van der Waals surface area contributed by atoms with Crippen molar-refractivity contribution in [3.05, 3.63) is 52.4 Å². The van der Waals surface area contributed by atoms with Crippen LogP contribution < -0.4 is 4.72 Å². The third kappa shape index (κ3) is 3.09. The molecule has 24 heavy (non-hydrogen) atoms. The molecule has 5 nitrogen and oxygen atoms in total. The molecule has 0 atom stereocenters. The zero-order chi connectivity index (χ0) is 17.5. The quantitative estimate of drug-likeness (QED) is 0.751. The van der Waals surface area contributed by atoms with Crippen LogP contribution in [0.15, 0.2) is 35.5 Å². The van der Waals surface area contributed by atoms with E-state index in [1.165, 1.54) is 17.4 Å². The number of hydrogen-bond donors (Lipinski definition) is 1. The van der Waals surface area contributed by atoms with Crippen LogP contribution in [0, 0.1) is 12.7 Å². The molecular formula is C16H18FN3O2S2. The number of benzene rings is 1. The number of halogens is 1. The molecule has 0 unspecified atom stereocenters. The number of rotatable bonds is 5. The van der Waals surface area contributed by atoms with Crippen molar-refractivity contribution in [1.29, 1.82) is 0 Å². The molecule has 8 heteroatoms. The van der Waals surface area contributed by atoms with Gasteiger partial charge in [-0.3, -0.25) is 4.40 Å². The average molecular weight is 367 g/mol. The van der Waals surface area contributed by atoms with Crippen LogP contribution in [0.4, 0.5) is 4.39 Å². The van der Waals surface area contributed by atoms with Crippen LogP contribution >= 0.6 is 11.3 Å². The standard InChI is InChI=1S/C16H18FN3O2S2/c1-10(2)14-15(20-9-11(3)23-16(20)19-14)24(21,22)18-8-12-6-4-5-7-13(12)17/h4-7,9-10,18H,8H2,1-3H3. The van der Waals surface area contributed by atoms with Gasteiger partial charge in [-0.2, -0.15) is 0 Å². The minimum atomic E-state index is -3.83. The average Bonchev–Trinajstić information content (AvgIpc) is 3.02. The minimum Gasteiger partial charge on any atom is -0.279 e. The van der Waals surface area contributed by atoms with Crippen molar-refractivity contribution in [2.75, 3.05) is 0 Å². The molecule has 3 aromatic rings. The Morgan fingerprint density at radius 1 is 1.33 bits per heavy atom. The van der Waals surface area contributed by atoms with Gasteiger partial charge in [0.1, 0.15) is 5.82 Å². The van der Waals surface area contributed by atoms with Crippen molar-refractivity contribution in [1.82, 2.24) is 14.1 Å². The predicted octanol–water partition coefficient (Wildman–Crippen LogP) is 3.45. The molecule has 3 rings (SSSR count). The van der Waals surface area contributed by atoms with E-state index in [0.29, 0.717) is 16.2 Å². The summed E-state index contributed by atoms with van der Waals surface area (Å²) in [6.45, 7) is 5.59. The van der Waals surface area contributed by atoms with Crippen LogP contribution in [0.25, 0.3) is 4.96 Å². The summed E-state index contributed by atoms with van der Waals surface area (Å²) < 4.78 is 43.5. The summed E-state index contributed by atoms with van der Waals surface area (Å²) in [6.07, 6.45) is 1.76. The van der Waals surface area contributed by atoms with Crippen LogP contribution in [0.5, 0.6) is 0 Å². The smallest absolute Gasteiger partial charge is 0.258 e. The molecule has 1 aromatic carbocycles. The van der Waals surface area contributed by atoms with Crippen molar-refractivity contribution >= 4 is 26.3 Å². The number of aromatic nitrogens is 2. The van der Waals surface area contributed by atoms with E-state index in [1.807, 2.05) is 20.8 Å². The molecule has 0 bridgehead atoms. The van der Waals surface area contributed by atoms with Gasteiger partial charge in [0.2, 0.25) is 0 Å². The molecule has 0 saturated heterocycles. The molecule has 2 heterocycles. The summed E-state index contributed by atoms with van der Waals surface area (Å²) in [5, 5.41) is 0.133. The van der Waals surface area contributed by atoms with Gasteiger partial charge in [0, 0.05) is 23.2 Å². The van der Waals surface area contributed by atoms with Gasteiger partial charge >= 0.3 is 0 Å². The van der Waals surface area contributed by atoms with Crippen molar-refractivity contribution in [3.63, 3.8) is 0 Å². The zero-order valence-electron chi connectivity index (χ0n) is 13.6. The van der Waals surface area contributed by atoms with Gasteiger partial charge in [0.05, 0.1) is 5.69 Å². The lowest BCUT2D eigenvalue weighted by Gasteiger charge is -2.10. The normalized spacial score (nSPS) is 12.4. The first-order chi connectivity index (χ1) is 11.3. The van der Waals surface area contributed by atoms with Crippen molar-refractivity contribution < 1.29 is 12.8 Å². The van der Waals surface area contributed by atoms with Crippen molar-refractivity contribution in [3.8, 4) is 0 Å². The Labute approximate surface area is 144 Å². The molecule has 0 saturated carbocycles. The number of nitrogens with one attached hydrogen (secondary N) is 1. The van der Waals surface area contributed by atoms with E-state index in [2.05, 4.69) is 9.71 Å². The second-order valence-electron chi connectivity index (χ2n) is 5.87. The third-order valence-corrected chi connectivity index (χ3v) is 5.97. The SMILES string of the molecule is Cc1cn2c(S(=O)(=O)NCc3ccccc3F)c(C(C)C)nc2s1. The van der Waals surface area contributed by atoms with E-state index >= 15 is 0 Å². The van der Waals surface area contributed by atoms with Crippen LogP contribution in [-0.4, -0.2) is 17.8 Å². The van der Waals surface area contributed by atoms with Gasteiger partial charge < -0.3 is 0 Å². The lowest BCUT2D eigenvalue weighted by Crippen LogP contribution is -2.26. The first kappa shape index (κ1) is 17.1. The van der Waals surface area contributed by atoms with Gasteiger partial charge in [-0.05, 0) is 18.9 Å². The molecule has 128 valence electrons. The van der Waals surface area contributed by atoms with Gasteiger partial charge in [-0.1, -0.05) is 32.0 Å². The van der Waals surface area contributed by atoms with E-state index in [9.17, 15) is 12.8 Å². The first-order valence-electron chi connectivity index (χ1n) is 7.51. The fourth-order valence-electron chi connectivity index (χ4n) is 2.48. The Balaban J connectivity index is 2.01. The maximum atomic E-state index is 13.7. The summed E-state index contributed by atoms with van der Waals surface area (Å²) >= 11 is 1.44. The summed E-state index contributed by atoms with van der Waals surface area (Å²) in [7, 11) is -3.83. The second kappa shape index (κ2) is 6.27. The molecule has 0 spiro atoms. The van der Waals surface area contributed by atoms with E-state index < -0.39 is 15.8 Å². The highest BCUT2D eigenvalue weighted by Gasteiger charge is 2.27. The van der Waals surface area contributed by atoms with E-state index in [1.54, 1.807) is 28.8 Å². The minimum absolute atomic E-state index is 0.0440. The maximum absolute atomic E-state index is 13.7. The van der Waals surface area contributed by atoms with Crippen LogP contribution in [0.2, 0.25) is 0 Å². The van der Waals surface area contributed by atoms with Crippen LogP contribution in [-0.2, 0) is 16.6 Å². The highest BCUT2D eigenvalue weighted by atomic mass is 32.2. The van der Waals surface area contributed by atoms with Gasteiger partial charge in [-0.25, -0.2) is 22.5 Å². The highest BCUT2D eigenvalue weighted by Crippen LogP contribution is 2.28. The monoisotopic (exact) mass is 367 g/mol. The van der Waals surface area contributed by atoms with Gasteiger partial charge in [-0.15, -0.1) is 11.3 Å². The molecule has 0 aliphatic rings. The number of imidazole rings is 1. The number of hydrogen-bond acceptors (Lipinski definition) is 4. The van der Waals surface area contributed by atoms with Crippen LogP contribution in [0.3, 0.4) is 0 Å². The molecule has 1 N–H and O–H groups in total. The summed E-state index contributed by atoms with van der Waals surface area (Å²) in [5.74, 6) is -0.480. The first-order valence-corrected chi connectivity index (χ1v) is 9.81. The molecule has 0 aliphatic carbocycles. The fraction of sp³-hybridized carbons (Fsp3) is 0.312. The number of fused-ring (bicyclic) bond motifs is 1. The van der Waals surface area contributed by atoms with Gasteiger partial charge in [0.15, 0.2) is 9.99 Å². The molecule has 0 aliphatic heterocycles. The predicted molar refractivity (Wildman–Crippen MR) is 92.3 cm³/mol. The molecular weight excluding hydrogens is 349 g/mol. The third-order valence-electron chi connectivity index (χ3n) is 3.64. The summed E-state index contributed by atoms with van der Waals surface area (Å²) in [4.78, 5) is 6.07. The molecule has 0 amide bonds. The Kier molecular flexibility index (Phi) is 4.46. The topological polar surface area (TPSA) is 63.5 Å². The lowest BCUT2D eigenvalue weighted by molar-refractivity contribution is 0.567. The zero-order valence-corrected chi connectivity index (χ0v) is 15.2. The fourth-order valence-corrected chi connectivity index (χ4v) is 4.81. The van der Waals surface area contributed by atoms with Gasteiger partial charge in [0.25, 0.3) is 10.0 Å². The Bertz CT molecular complexity index is 990. The van der Waals surface area contributed by atoms with E-state index in [0.717, 1.165) is 4.88 Å². The number of sulfonamides is 1. The summed E-state index contributed by atoms with van der Waals surface area (Å²) in [6, 6.07) is 6.11. The van der Waals surface area contributed by atoms with Crippen molar-refractivity contribution in [2.24, 2.45) is 0 Å². The number of aryl methyl sites for hydroxylation is 1. The van der Waals surface area contributed by atoms with Crippen LogP contribution in [0.1, 0.15) is 35.9 Å². The number of nitrogens with zero attached hydrogens (tertiary/aromatic N) is 2. The lowest BCUT2D eigenvalue weighted by atomic mass is 10.2. The Hall–Kier alpha value is -1.77. The second-order valence-corrected chi connectivity index (χ2v) is 8.76. The molecule has 0 fully saturated rings. The molecule has 2 aromatic heterocycles. The largest absolute Gasteiger partial charge is 0.279 e.